The van der Waals surface area contributed by atoms with Gasteiger partial charge < -0.3 is 15.0 Å². The van der Waals surface area contributed by atoms with Crippen molar-refractivity contribution in [2.75, 3.05) is 20.2 Å². The summed E-state index contributed by atoms with van der Waals surface area (Å²) in [6, 6.07) is 7.65. The summed E-state index contributed by atoms with van der Waals surface area (Å²) in [4.78, 5) is 25.9. The van der Waals surface area contributed by atoms with Gasteiger partial charge in [-0.3, -0.25) is 9.59 Å². The van der Waals surface area contributed by atoms with Gasteiger partial charge in [-0.15, -0.1) is 0 Å². The van der Waals surface area contributed by atoms with Crippen LogP contribution in [0.25, 0.3) is 0 Å². The van der Waals surface area contributed by atoms with Crippen LogP contribution in [0.15, 0.2) is 24.3 Å². The van der Waals surface area contributed by atoms with E-state index < -0.39 is 0 Å². The molecule has 120 valence electrons. The molecule has 1 fully saturated rings. The van der Waals surface area contributed by atoms with E-state index >= 15 is 0 Å². The second-order valence-electron chi connectivity index (χ2n) is 5.67. The minimum Gasteiger partial charge on any atom is -0.497 e. The van der Waals surface area contributed by atoms with Gasteiger partial charge in [-0.1, -0.05) is 25.5 Å². The van der Waals surface area contributed by atoms with Gasteiger partial charge in [0, 0.05) is 26.1 Å². The topological polar surface area (TPSA) is 58.6 Å². The molecule has 0 aromatic heterocycles. The van der Waals surface area contributed by atoms with Crippen molar-refractivity contribution in [3.8, 4) is 5.75 Å². The van der Waals surface area contributed by atoms with Crippen LogP contribution < -0.4 is 10.1 Å². The number of unbranched alkanes of at least 4 members (excludes halogenated alkanes) is 1. The third-order valence-corrected chi connectivity index (χ3v) is 3.95. The van der Waals surface area contributed by atoms with Crippen molar-refractivity contribution in [3.05, 3.63) is 29.8 Å². The van der Waals surface area contributed by atoms with Crippen molar-refractivity contribution in [2.45, 2.75) is 32.7 Å². The SMILES string of the molecule is CCCCNC(=O)C1CC(=O)N(Cc2ccc(OC)cc2)C1. The maximum Gasteiger partial charge on any atom is 0.225 e. The molecule has 1 N–H and O–H groups in total. The van der Waals surface area contributed by atoms with E-state index in [-0.39, 0.29) is 17.7 Å². The number of amides is 2. The number of carbonyl (C=O) groups excluding carboxylic acids is 2. The predicted octanol–water partition coefficient (Wildman–Crippen LogP) is 1.96. The quantitative estimate of drug-likeness (QED) is 0.783. The fourth-order valence-corrected chi connectivity index (χ4v) is 2.58. The highest BCUT2D eigenvalue weighted by Crippen LogP contribution is 2.21. The lowest BCUT2D eigenvalue weighted by Gasteiger charge is -2.17. The van der Waals surface area contributed by atoms with Crippen molar-refractivity contribution in [2.24, 2.45) is 5.92 Å². The summed E-state index contributed by atoms with van der Waals surface area (Å²) in [7, 11) is 1.63. The zero-order valence-electron chi connectivity index (χ0n) is 13.3. The molecule has 0 spiro atoms. The van der Waals surface area contributed by atoms with Crippen LogP contribution in [0.5, 0.6) is 5.75 Å². The van der Waals surface area contributed by atoms with Crippen molar-refractivity contribution < 1.29 is 14.3 Å². The van der Waals surface area contributed by atoms with Gasteiger partial charge in [0.05, 0.1) is 13.0 Å². The van der Waals surface area contributed by atoms with Crippen LogP contribution in [0.2, 0.25) is 0 Å². The Morgan fingerprint density at radius 2 is 2.09 bits per heavy atom. The van der Waals surface area contributed by atoms with Gasteiger partial charge in [0.25, 0.3) is 0 Å². The fourth-order valence-electron chi connectivity index (χ4n) is 2.58. The summed E-state index contributed by atoms with van der Waals surface area (Å²) in [5.74, 6) is 0.623. The summed E-state index contributed by atoms with van der Waals surface area (Å²) in [6.07, 6.45) is 2.34. The van der Waals surface area contributed by atoms with Crippen LogP contribution in [0.1, 0.15) is 31.7 Å². The molecule has 1 aliphatic rings. The van der Waals surface area contributed by atoms with Gasteiger partial charge >= 0.3 is 0 Å². The molecule has 2 amide bonds. The van der Waals surface area contributed by atoms with Gasteiger partial charge in [0.1, 0.15) is 5.75 Å². The van der Waals surface area contributed by atoms with Crippen LogP contribution in [0.4, 0.5) is 0 Å². The molecule has 0 saturated carbocycles. The smallest absolute Gasteiger partial charge is 0.225 e. The van der Waals surface area contributed by atoms with E-state index in [4.69, 9.17) is 4.74 Å². The summed E-state index contributed by atoms with van der Waals surface area (Å²) in [5, 5.41) is 2.91. The molecule has 22 heavy (non-hydrogen) atoms. The zero-order chi connectivity index (χ0) is 15.9. The van der Waals surface area contributed by atoms with Crippen LogP contribution in [-0.2, 0) is 16.1 Å². The van der Waals surface area contributed by atoms with E-state index in [9.17, 15) is 9.59 Å². The Labute approximate surface area is 131 Å². The van der Waals surface area contributed by atoms with Crippen LogP contribution in [-0.4, -0.2) is 36.9 Å². The molecule has 0 radical (unpaired) electrons. The number of methoxy groups -OCH3 is 1. The first kappa shape index (κ1) is 16.3. The van der Waals surface area contributed by atoms with Crippen molar-refractivity contribution in [1.82, 2.24) is 10.2 Å². The summed E-state index contributed by atoms with van der Waals surface area (Å²) >= 11 is 0. The van der Waals surface area contributed by atoms with Crippen LogP contribution >= 0.6 is 0 Å². The third kappa shape index (κ3) is 4.23. The van der Waals surface area contributed by atoms with Crippen LogP contribution in [0.3, 0.4) is 0 Å². The molecule has 0 bridgehead atoms. The Hall–Kier alpha value is -2.04. The molecule has 1 aliphatic heterocycles. The van der Waals surface area contributed by atoms with Crippen molar-refractivity contribution in [1.29, 1.82) is 0 Å². The van der Waals surface area contributed by atoms with E-state index in [2.05, 4.69) is 12.2 Å². The molecule has 1 saturated heterocycles. The van der Waals surface area contributed by atoms with Crippen molar-refractivity contribution in [3.63, 3.8) is 0 Å². The molecule has 5 heteroatoms. The number of ether oxygens (including phenoxy) is 1. The van der Waals surface area contributed by atoms with E-state index in [0.29, 0.717) is 26.1 Å². The Bertz CT molecular complexity index is 513. The molecule has 0 aliphatic carbocycles. The Morgan fingerprint density at radius 1 is 1.36 bits per heavy atom. The van der Waals surface area contributed by atoms with Crippen molar-refractivity contribution >= 4 is 11.8 Å². The zero-order valence-corrected chi connectivity index (χ0v) is 13.3. The standard InChI is InChI=1S/C17H24N2O3/c1-3-4-9-18-17(21)14-10-16(20)19(12-14)11-13-5-7-15(22-2)8-6-13/h5-8,14H,3-4,9-12H2,1-2H3,(H,18,21). The van der Waals surface area contributed by atoms with Crippen LogP contribution in [0, 0.1) is 5.92 Å². The van der Waals surface area contributed by atoms with E-state index in [0.717, 1.165) is 24.2 Å². The average Bonchev–Trinajstić information content (AvgIpc) is 2.89. The first-order chi connectivity index (χ1) is 10.6. The number of hydrogen-bond acceptors (Lipinski definition) is 3. The highest BCUT2D eigenvalue weighted by Gasteiger charge is 2.33. The predicted molar refractivity (Wildman–Crippen MR) is 84.4 cm³/mol. The van der Waals surface area contributed by atoms with Gasteiger partial charge in [0.2, 0.25) is 11.8 Å². The van der Waals surface area contributed by atoms with E-state index in [1.54, 1.807) is 12.0 Å². The molecular weight excluding hydrogens is 280 g/mol. The lowest BCUT2D eigenvalue weighted by atomic mass is 10.1. The number of benzene rings is 1. The minimum atomic E-state index is -0.220. The molecule has 1 heterocycles. The highest BCUT2D eigenvalue weighted by atomic mass is 16.5. The molecule has 1 aromatic carbocycles. The monoisotopic (exact) mass is 304 g/mol. The normalized spacial score (nSPS) is 17.6. The maximum absolute atomic E-state index is 12.1. The lowest BCUT2D eigenvalue weighted by Crippen LogP contribution is -2.33. The second kappa shape index (κ2) is 7.82. The Morgan fingerprint density at radius 3 is 2.73 bits per heavy atom. The molecule has 2 rings (SSSR count). The molecule has 1 unspecified atom stereocenters. The number of likely N-dealkylation sites (tertiary alicyclic amines) is 1. The summed E-state index contributed by atoms with van der Waals surface area (Å²) in [6.45, 7) is 3.82. The average molecular weight is 304 g/mol. The molecule has 1 aromatic rings. The van der Waals surface area contributed by atoms with Gasteiger partial charge in [-0.05, 0) is 24.1 Å². The minimum absolute atomic E-state index is 0.000897. The number of hydrogen-bond donors (Lipinski definition) is 1. The van der Waals surface area contributed by atoms with Gasteiger partial charge in [0.15, 0.2) is 0 Å². The number of rotatable bonds is 7. The van der Waals surface area contributed by atoms with Gasteiger partial charge in [-0.25, -0.2) is 0 Å². The first-order valence-electron chi connectivity index (χ1n) is 7.82. The fraction of sp³-hybridized carbons (Fsp3) is 0.529. The van der Waals surface area contributed by atoms with E-state index in [1.807, 2.05) is 24.3 Å². The molecule has 1 atom stereocenters. The van der Waals surface area contributed by atoms with E-state index in [1.165, 1.54) is 0 Å². The largest absolute Gasteiger partial charge is 0.497 e. The summed E-state index contributed by atoms with van der Waals surface area (Å²) < 4.78 is 5.12. The number of carbonyl (C=O) groups is 2. The molecular formula is C17H24N2O3. The number of nitrogens with one attached hydrogen (secondary N) is 1. The maximum atomic E-state index is 12.1. The van der Waals surface area contributed by atoms with Gasteiger partial charge in [-0.2, -0.15) is 0 Å². The third-order valence-electron chi connectivity index (χ3n) is 3.95. The highest BCUT2D eigenvalue weighted by molar-refractivity contribution is 5.89. The Kier molecular flexibility index (Phi) is 5.81. The number of nitrogens with zero attached hydrogens (tertiary/aromatic N) is 1. The Balaban J connectivity index is 1.87. The summed E-state index contributed by atoms with van der Waals surface area (Å²) in [5.41, 5.74) is 1.04. The first-order valence-corrected chi connectivity index (χ1v) is 7.82. The lowest BCUT2D eigenvalue weighted by molar-refractivity contribution is -0.129. The second-order valence-corrected chi connectivity index (χ2v) is 5.67. The molecule has 5 nitrogen and oxygen atoms in total.